The minimum absolute atomic E-state index is 0.293. The monoisotopic (exact) mass is 187 g/mol. The Morgan fingerprint density at radius 2 is 2.50 bits per heavy atom. The van der Waals surface area contributed by atoms with Crippen molar-refractivity contribution in [3.63, 3.8) is 0 Å². The van der Waals surface area contributed by atoms with Crippen LogP contribution in [0.2, 0.25) is 0 Å². The fourth-order valence-corrected chi connectivity index (χ4v) is 1.33. The van der Waals surface area contributed by atoms with Crippen LogP contribution in [0.25, 0.3) is 11.5 Å². The van der Waals surface area contributed by atoms with Crippen LogP contribution in [0.5, 0.6) is 0 Å². The quantitative estimate of drug-likeness (QED) is 0.782. The molecule has 0 fully saturated rings. The van der Waals surface area contributed by atoms with Crippen LogP contribution in [0.15, 0.2) is 22.8 Å². The van der Waals surface area contributed by atoms with E-state index in [1.807, 2.05) is 25.1 Å². The second-order valence-electron chi connectivity index (χ2n) is 2.97. The molecule has 0 amide bonds. The molecule has 70 valence electrons. The summed E-state index contributed by atoms with van der Waals surface area (Å²) in [6, 6.07) is 5.70. The highest BCUT2D eigenvalue weighted by Crippen LogP contribution is 2.21. The Hall–Kier alpha value is -2.02. The van der Waals surface area contributed by atoms with Crippen LogP contribution in [0.3, 0.4) is 0 Å². The molecule has 0 saturated heterocycles. The highest BCUT2D eigenvalue weighted by atomic mass is 16.3. The molecule has 0 bridgehead atoms. The van der Waals surface area contributed by atoms with Gasteiger partial charge in [0.15, 0.2) is 5.76 Å². The molecule has 2 heterocycles. The summed E-state index contributed by atoms with van der Waals surface area (Å²) in [5.74, 6) is 1.40. The third kappa shape index (κ3) is 1.40. The fourth-order valence-electron chi connectivity index (χ4n) is 1.33. The van der Waals surface area contributed by atoms with E-state index >= 15 is 0 Å². The smallest absolute Gasteiger partial charge is 0.154 e. The van der Waals surface area contributed by atoms with Gasteiger partial charge < -0.3 is 9.40 Å². The van der Waals surface area contributed by atoms with Crippen molar-refractivity contribution in [2.75, 3.05) is 0 Å². The van der Waals surface area contributed by atoms with Gasteiger partial charge in [-0.25, -0.2) is 4.98 Å². The SMILES string of the molecule is Cc1[nH]c(CC#N)nc1-c1ccco1. The summed E-state index contributed by atoms with van der Waals surface area (Å²) in [6.07, 6.45) is 1.90. The minimum Gasteiger partial charge on any atom is -0.463 e. The lowest BCUT2D eigenvalue weighted by Crippen LogP contribution is -1.83. The molecule has 0 saturated carbocycles. The number of rotatable bonds is 2. The Kier molecular flexibility index (Phi) is 2.07. The molecule has 0 unspecified atom stereocenters. The number of H-pyrrole nitrogens is 1. The van der Waals surface area contributed by atoms with Gasteiger partial charge in [0, 0.05) is 5.69 Å². The Morgan fingerprint density at radius 3 is 3.14 bits per heavy atom. The minimum atomic E-state index is 0.293. The van der Waals surface area contributed by atoms with E-state index < -0.39 is 0 Å². The molecule has 0 radical (unpaired) electrons. The lowest BCUT2D eigenvalue weighted by atomic mass is 10.3. The van der Waals surface area contributed by atoms with Crippen molar-refractivity contribution in [2.24, 2.45) is 0 Å². The Morgan fingerprint density at radius 1 is 1.64 bits per heavy atom. The van der Waals surface area contributed by atoms with Crippen molar-refractivity contribution in [3.8, 4) is 17.5 Å². The predicted molar refractivity (Wildman–Crippen MR) is 50.3 cm³/mol. The van der Waals surface area contributed by atoms with Crippen LogP contribution in [-0.4, -0.2) is 9.97 Å². The molecule has 2 rings (SSSR count). The molecular weight excluding hydrogens is 178 g/mol. The Labute approximate surface area is 81.2 Å². The van der Waals surface area contributed by atoms with Crippen LogP contribution >= 0.6 is 0 Å². The summed E-state index contributed by atoms with van der Waals surface area (Å²) < 4.78 is 5.23. The van der Waals surface area contributed by atoms with Crippen LogP contribution in [0.4, 0.5) is 0 Å². The maximum absolute atomic E-state index is 8.52. The zero-order chi connectivity index (χ0) is 9.97. The first-order valence-corrected chi connectivity index (χ1v) is 4.27. The standard InChI is InChI=1S/C10H9N3O/c1-7-10(8-3-2-6-14-8)13-9(12-7)4-5-11/h2-3,6H,4H2,1H3,(H,12,13). The van der Waals surface area contributed by atoms with Crippen molar-refractivity contribution in [3.05, 3.63) is 29.9 Å². The second kappa shape index (κ2) is 3.38. The van der Waals surface area contributed by atoms with Crippen molar-refractivity contribution < 1.29 is 4.42 Å². The van der Waals surface area contributed by atoms with Gasteiger partial charge in [0.2, 0.25) is 0 Å². The van der Waals surface area contributed by atoms with E-state index in [1.54, 1.807) is 6.26 Å². The molecule has 2 aromatic heterocycles. The molecule has 4 heteroatoms. The third-order valence-electron chi connectivity index (χ3n) is 1.93. The van der Waals surface area contributed by atoms with E-state index in [-0.39, 0.29) is 0 Å². The molecule has 0 aliphatic heterocycles. The lowest BCUT2D eigenvalue weighted by Gasteiger charge is -1.89. The third-order valence-corrected chi connectivity index (χ3v) is 1.93. The number of hydrogen-bond donors (Lipinski definition) is 1. The summed E-state index contributed by atoms with van der Waals surface area (Å²) in [7, 11) is 0. The van der Waals surface area contributed by atoms with E-state index in [0.29, 0.717) is 12.2 Å². The largest absolute Gasteiger partial charge is 0.463 e. The van der Waals surface area contributed by atoms with Gasteiger partial charge >= 0.3 is 0 Å². The van der Waals surface area contributed by atoms with Crippen molar-refractivity contribution in [1.82, 2.24) is 9.97 Å². The first-order chi connectivity index (χ1) is 6.81. The van der Waals surface area contributed by atoms with Crippen LogP contribution in [0, 0.1) is 18.3 Å². The number of furan rings is 1. The molecule has 0 aliphatic rings. The number of nitriles is 1. The zero-order valence-corrected chi connectivity index (χ0v) is 7.74. The Bertz CT molecular complexity index is 462. The average molecular weight is 187 g/mol. The van der Waals surface area contributed by atoms with Gasteiger partial charge in [0.05, 0.1) is 18.8 Å². The lowest BCUT2D eigenvalue weighted by molar-refractivity contribution is 0.580. The molecular formula is C10H9N3O. The highest BCUT2D eigenvalue weighted by molar-refractivity contribution is 5.55. The first-order valence-electron chi connectivity index (χ1n) is 4.27. The molecule has 1 N–H and O–H groups in total. The van der Waals surface area contributed by atoms with E-state index in [2.05, 4.69) is 9.97 Å². The normalized spacial score (nSPS) is 10.0. The number of hydrogen-bond acceptors (Lipinski definition) is 3. The molecule has 0 atom stereocenters. The molecule has 0 aliphatic carbocycles. The highest BCUT2D eigenvalue weighted by Gasteiger charge is 2.10. The van der Waals surface area contributed by atoms with Gasteiger partial charge in [-0.3, -0.25) is 0 Å². The van der Waals surface area contributed by atoms with Gasteiger partial charge in [0.1, 0.15) is 11.5 Å². The zero-order valence-electron chi connectivity index (χ0n) is 7.74. The van der Waals surface area contributed by atoms with Crippen molar-refractivity contribution >= 4 is 0 Å². The molecule has 0 aromatic carbocycles. The maximum Gasteiger partial charge on any atom is 0.154 e. The molecule has 0 spiro atoms. The number of nitrogens with zero attached hydrogens (tertiary/aromatic N) is 2. The topological polar surface area (TPSA) is 65.6 Å². The van der Waals surface area contributed by atoms with Crippen LogP contribution in [0.1, 0.15) is 11.5 Å². The van der Waals surface area contributed by atoms with Gasteiger partial charge in [-0.2, -0.15) is 5.26 Å². The molecule has 14 heavy (non-hydrogen) atoms. The summed E-state index contributed by atoms with van der Waals surface area (Å²) >= 11 is 0. The molecule has 2 aromatic rings. The van der Waals surface area contributed by atoms with E-state index in [0.717, 1.165) is 17.1 Å². The van der Waals surface area contributed by atoms with Gasteiger partial charge in [-0.15, -0.1) is 0 Å². The maximum atomic E-state index is 8.52. The summed E-state index contributed by atoms with van der Waals surface area (Å²) in [5, 5.41) is 8.52. The number of nitrogens with one attached hydrogen (secondary N) is 1. The summed E-state index contributed by atoms with van der Waals surface area (Å²) in [6.45, 7) is 1.91. The number of aromatic nitrogens is 2. The summed E-state index contributed by atoms with van der Waals surface area (Å²) in [4.78, 5) is 7.31. The van der Waals surface area contributed by atoms with E-state index in [1.165, 1.54) is 0 Å². The number of aromatic amines is 1. The van der Waals surface area contributed by atoms with Gasteiger partial charge in [0.25, 0.3) is 0 Å². The van der Waals surface area contributed by atoms with Gasteiger partial charge in [-0.1, -0.05) is 0 Å². The number of imidazole rings is 1. The van der Waals surface area contributed by atoms with Crippen LogP contribution in [-0.2, 0) is 6.42 Å². The second-order valence-corrected chi connectivity index (χ2v) is 2.97. The van der Waals surface area contributed by atoms with Crippen molar-refractivity contribution in [1.29, 1.82) is 5.26 Å². The van der Waals surface area contributed by atoms with Crippen molar-refractivity contribution in [2.45, 2.75) is 13.3 Å². The summed E-state index contributed by atoms with van der Waals surface area (Å²) in [5.41, 5.74) is 1.70. The average Bonchev–Trinajstić information content (AvgIpc) is 2.74. The predicted octanol–water partition coefficient (Wildman–Crippen LogP) is 2.04. The van der Waals surface area contributed by atoms with Crippen LogP contribution < -0.4 is 0 Å². The molecule has 4 nitrogen and oxygen atoms in total. The van der Waals surface area contributed by atoms with E-state index in [9.17, 15) is 0 Å². The van der Waals surface area contributed by atoms with Gasteiger partial charge in [-0.05, 0) is 19.1 Å². The Balaban J connectivity index is 2.41. The van der Waals surface area contributed by atoms with E-state index in [4.69, 9.17) is 9.68 Å². The first kappa shape index (κ1) is 8.57. The fraction of sp³-hybridized carbons (Fsp3) is 0.200. The number of aryl methyl sites for hydroxylation is 1.